The van der Waals surface area contributed by atoms with Crippen molar-refractivity contribution in [1.29, 1.82) is 0 Å². The summed E-state index contributed by atoms with van der Waals surface area (Å²) in [6.07, 6.45) is 3.14. The molecular formula is C13H15F2NO2. The number of aliphatic hydroxyl groups excluding tert-OH is 1. The quantitative estimate of drug-likeness (QED) is 0.868. The highest BCUT2D eigenvalue weighted by Crippen LogP contribution is 2.29. The van der Waals surface area contributed by atoms with Crippen LogP contribution < -0.4 is 5.32 Å². The number of benzene rings is 1. The number of hydrogen-bond acceptors (Lipinski definition) is 2. The Kier molecular flexibility index (Phi) is 3.61. The average molecular weight is 255 g/mol. The smallest absolute Gasteiger partial charge is 0.254 e. The maximum absolute atomic E-state index is 13.4. The van der Waals surface area contributed by atoms with E-state index in [0.29, 0.717) is 12.8 Å². The van der Waals surface area contributed by atoms with E-state index in [2.05, 4.69) is 5.32 Å². The lowest BCUT2D eigenvalue weighted by molar-refractivity contribution is 0.0834. The fourth-order valence-corrected chi connectivity index (χ4v) is 2.35. The van der Waals surface area contributed by atoms with Gasteiger partial charge in [0.05, 0.1) is 17.7 Å². The zero-order chi connectivity index (χ0) is 13.2. The number of carbonyl (C=O) groups excluding carboxylic acids is 1. The molecule has 1 aromatic carbocycles. The van der Waals surface area contributed by atoms with E-state index in [4.69, 9.17) is 0 Å². The van der Waals surface area contributed by atoms with Gasteiger partial charge in [0.2, 0.25) is 0 Å². The van der Waals surface area contributed by atoms with E-state index in [9.17, 15) is 18.7 Å². The molecule has 0 radical (unpaired) electrons. The molecule has 3 nitrogen and oxygen atoms in total. The normalized spacial score (nSPS) is 17.7. The van der Waals surface area contributed by atoms with Crippen LogP contribution >= 0.6 is 0 Å². The van der Waals surface area contributed by atoms with Crippen molar-refractivity contribution >= 4 is 5.91 Å². The monoisotopic (exact) mass is 255 g/mol. The van der Waals surface area contributed by atoms with Crippen molar-refractivity contribution in [3.63, 3.8) is 0 Å². The number of rotatable bonds is 3. The minimum atomic E-state index is -0.764. The molecule has 0 atom stereocenters. The van der Waals surface area contributed by atoms with Crippen LogP contribution in [-0.2, 0) is 0 Å². The van der Waals surface area contributed by atoms with Gasteiger partial charge in [-0.3, -0.25) is 4.79 Å². The van der Waals surface area contributed by atoms with Crippen LogP contribution in [0.15, 0.2) is 18.2 Å². The largest absolute Gasteiger partial charge is 0.394 e. The Bertz CT molecular complexity index is 456. The van der Waals surface area contributed by atoms with Crippen molar-refractivity contribution in [1.82, 2.24) is 5.32 Å². The number of carbonyl (C=O) groups is 1. The van der Waals surface area contributed by atoms with E-state index in [-0.39, 0.29) is 12.2 Å². The zero-order valence-electron chi connectivity index (χ0n) is 9.88. The summed E-state index contributed by atoms with van der Waals surface area (Å²) in [7, 11) is 0. The van der Waals surface area contributed by atoms with E-state index in [0.717, 1.165) is 31.0 Å². The van der Waals surface area contributed by atoms with Crippen LogP contribution in [0.1, 0.15) is 36.0 Å². The Morgan fingerprint density at radius 3 is 2.61 bits per heavy atom. The molecule has 18 heavy (non-hydrogen) atoms. The van der Waals surface area contributed by atoms with Gasteiger partial charge in [-0.2, -0.15) is 0 Å². The second-order valence-corrected chi connectivity index (χ2v) is 4.72. The first kappa shape index (κ1) is 13.0. The minimum absolute atomic E-state index is 0.185. The summed E-state index contributed by atoms with van der Waals surface area (Å²) in [6.45, 7) is -0.185. The van der Waals surface area contributed by atoms with Crippen LogP contribution in [0.25, 0.3) is 0 Å². The van der Waals surface area contributed by atoms with Crippen molar-refractivity contribution in [3.8, 4) is 0 Å². The SMILES string of the molecule is O=C(NC1(CO)CCCC1)c1cc(F)ccc1F. The van der Waals surface area contributed by atoms with Gasteiger partial charge >= 0.3 is 0 Å². The number of nitrogens with one attached hydrogen (secondary N) is 1. The molecule has 1 amide bonds. The van der Waals surface area contributed by atoms with Gasteiger partial charge in [-0.25, -0.2) is 8.78 Å². The Morgan fingerprint density at radius 2 is 2.00 bits per heavy atom. The fraction of sp³-hybridized carbons (Fsp3) is 0.462. The van der Waals surface area contributed by atoms with Gasteiger partial charge in [-0.15, -0.1) is 0 Å². The number of halogens is 2. The summed E-state index contributed by atoms with van der Waals surface area (Å²) in [5.74, 6) is -2.10. The maximum Gasteiger partial charge on any atom is 0.254 e. The molecule has 0 spiro atoms. The summed E-state index contributed by atoms with van der Waals surface area (Å²) in [5.41, 5.74) is -1.01. The Morgan fingerprint density at radius 1 is 1.33 bits per heavy atom. The van der Waals surface area contributed by atoms with Crippen LogP contribution in [0.3, 0.4) is 0 Å². The third-order valence-corrected chi connectivity index (χ3v) is 3.42. The minimum Gasteiger partial charge on any atom is -0.394 e. The van der Waals surface area contributed by atoms with Crippen LogP contribution in [0.2, 0.25) is 0 Å². The second-order valence-electron chi connectivity index (χ2n) is 4.72. The summed E-state index contributed by atoms with van der Waals surface area (Å²) in [5, 5.41) is 12.0. The Hall–Kier alpha value is -1.49. The fourth-order valence-electron chi connectivity index (χ4n) is 2.35. The van der Waals surface area contributed by atoms with Crippen molar-refractivity contribution < 1.29 is 18.7 Å². The molecule has 2 N–H and O–H groups in total. The lowest BCUT2D eigenvalue weighted by Gasteiger charge is -2.28. The molecule has 2 rings (SSSR count). The molecule has 98 valence electrons. The highest BCUT2D eigenvalue weighted by molar-refractivity contribution is 5.95. The van der Waals surface area contributed by atoms with Crippen LogP contribution in [0.5, 0.6) is 0 Å². The van der Waals surface area contributed by atoms with Crippen LogP contribution in [0.4, 0.5) is 8.78 Å². The Labute approximate surface area is 104 Å². The van der Waals surface area contributed by atoms with Gasteiger partial charge in [0.15, 0.2) is 0 Å². The van der Waals surface area contributed by atoms with Gasteiger partial charge in [0.1, 0.15) is 11.6 Å². The molecule has 1 aliphatic carbocycles. The predicted octanol–water partition coefficient (Wildman–Crippen LogP) is 2.00. The second kappa shape index (κ2) is 5.02. The van der Waals surface area contributed by atoms with Gasteiger partial charge in [-0.1, -0.05) is 12.8 Å². The topological polar surface area (TPSA) is 49.3 Å². The lowest BCUT2D eigenvalue weighted by Crippen LogP contribution is -2.49. The van der Waals surface area contributed by atoms with Gasteiger partial charge in [-0.05, 0) is 31.0 Å². The molecule has 0 unspecified atom stereocenters. The Balaban J connectivity index is 2.18. The van der Waals surface area contributed by atoms with Crippen molar-refractivity contribution in [2.75, 3.05) is 6.61 Å². The predicted molar refractivity (Wildman–Crippen MR) is 62.1 cm³/mol. The first-order valence-corrected chi connectivity index (χ1v) is 5.95. The molecule has 5 heteroatoms. The molecule has 1 saturated carbocycles. The summed E-state index contributed by atoms with van der Waals surface area (Å²) < 4.78 is 26.4. The molecule has 1 aromatic rings. The third-order valence-electron chi connectivity index (χ3n) is 3.42. The highest BCUT2D eigenvalue weighted by Gasteiger charge is 2.35. The van der Waals surface area contributed by atoms with Gasteiger partial charge in [0.25, 0.3) is 5.91 Å². The highest BCUT2D eigenvalue weighted by atomic mass is 19.1. The van der Waals surface area contributed by atoms with E-state index in [1.165, 1.54) is 0 Å². The summed E-state index contributed by atoms with van der Waals surface area (Å²) >= 11 is 0. The number of amides is 1. The molecular weight excluding hydrogens is 240 g/mol. The molecule has 1 fully saturated rings. The lowest BCUT2D eigenvalue weighted by atomic mass is 9.98. The summed E-state index contributed by atoms with van der Waals surface area (Å²) in [4.78, 5) is 11.9. The van der Waals surface area contributed by atoms with E-state index < -0.39 is 23.1 Å². The molecule has 0 heterocycles. The van der Waals surface area contributed by atoms with Crippen molar-refractivity contribution in [2.45, 2.75) is 31.2 Å². The third kappa shape index (κ3) is 2.51. The molecule has 1 aliphatic rings. The zero-order valence-corrected chi connectivity index (χ0v) is 9.88. The van der Waals surface area contributed by atoms with E-state index in [1.54, 1.807) is 0 Å². The van der Waals surface area contributed by atoms with Crippen molar-refractivity contribution in [2.24, 2.45) is 0 Å². The number of aliphatic hydroxyl groups is 1. The number of hydrogen-bond donors (Lipinski definition) is 2. The molecule has 0 bridgehead atoms. The maximum atomic E-state index is 13.4. The first-order valence-electron chi connectivity index (χ1n) is 5.95. The van der Waals surface area contributed by atoms with Crippen LogP contribution in [-0.4, -0.2) is 23.2 Å². The van der Waals surface area contributed by atoms with E-state index >= 15 is 0 Å². The standard InChI is InChI=1S/C13H15F2NO2/c14-9-3-4-11(15)10(7-9)12(18)16-13(8-17)5-1-2-6-13/h3-4,7,17H,1-2,5-6,8H2,(H,16,18). The van der Waals surface area contributed by atoms with Crippen molar-refractivity contribution in [3.05, 3.63) is 35.4 Å². The summed E-state index contributed by atoms with van der Waals surface area (Å²) in [6, 6.07) is 2.75. The molecule has 0 aromatic heterocycles. The van der Waals surface area contributed by atoms with E-state index in [1.807, 2.05) is 0 Å². The first-order chi connectivity index (χ1) is 8.56. The average Bonchev–Trinajstić information content (AvgIpc) is 2.81. The van der Waals surface area contributed by atoms with Crippen LogP contribution in [0, 0.1) is 11.6 Å². The molecule has 0 saturated heterocycles. The van der Waals surface area contributed by atoms with Gasteiger partial charge in [0, 0.05) is 0 Å². The molecule has 0 aliphatic heterocycles. The van der Waals surface area contributed by atoms with Gasteiger partial charge < -0.3 is 10.4 Å².